The molecule has 0 saturated carbocycles. The van der Waals surface area contributed by atoms with Crippen molar-refractivity contribution in [3.8, 4) is 0 Å². The molecular formula is C23H28N4O2. The van der Waals surface area contributed by atoms with Gasteiger partial charge in [0.1, 0.15) is 5.71 Å². The van der Waals surface area contributed by atoms with Crippen LogP contribution in [0.1, 0.15) is 38.8 Å². The molecule has 0 bridgehead atoms. The maximum Gasteiger partial charge on any atom is 0.270 e. The van der Waals surface area contributed by atoms with Gasteiger partial charge in [0.15, 0.2) is 0 Å². The van der Waals surface area contributed by atoms with E-state index in [9.17, 15) is 9.59 Å². The summed E-state index contributed by atoms with van der Waals surface area (Å²) >= 11 is 0. The quantitative estimate of drug-likeness (QED) is 0.786. The molecule has 0 aromatic heterocycles. The van der Waals surface area contributed by atoms with Crippen molar-refractivity contribution in [2.45, 2.75) is 39.3 Å². The summed E-state index contributed by atoms with van der Waals surface area (Å²) in [4.78, 5) is 26.8. The third kappa shape index (κ3) is 5.02. The summed E-state index contributed by atoms with van der Waals surface area (Å²) in [6, 6.07) is 19.9. The number of amides is 2. The number of para-hydroxylation sites is 1. The summed E-state index contributed by atoms with van der Waals surface area (Å²) in [6.07, 6.45) is 0.500. The van der Waals surface area contributed by atoms with Crippen LogP contribution in [0.3, 0.4) is 0 Å². The predicted octanol–water partition coefficient (Wildman–Crippen LogP) is 3.37. The summed E-state index contributed by atoms with van der Waals surface area (Å²) in [5, 5.41) is 9.43. The molecule has 29 heavy (non-hydrogen) atoms. The van der Waals surface area contributed by atoms with Crippen molar-refractivity contribution in [2.75, 3.05) is 18.1 Å². The zero-order valence-electron chi connectivity index (χ0n) is 17.2. The van der Waals surface area contributed by atoms with Crippen LogP contribution < -0.4 is 10.3 Å². The number of anilines is 1. The Bertz CT molecular complexity index is 865. The van der Waals surface area contributed by atoms with Crippen LogP contribution in [-0.4, -0.2) is 41.6 Å². The van der Waals surface area contributed by atoms with Crippen molar-refractivity contribution in [1.29, 1.82) is 0 Å². The van der Waals surface area contributed by atoms with Crippen molar-refractivity contribution in [3.63, 3.8) is 0 Å². The topological polar surface area (TPSA) is 65.0 Å². The van der Waals surface area contributed by atoms with Crippen molar-refractivity contribution < 1.29 is 9.59 Å². The largest absolute Gasteiger partial charge is 0.352 e. The normalized spacial score (nSPS) is 15.9. The molecule has 3 rings (SSSR count). The first kappa shape index (κ1) is 20.6. The number of hydrogen-bond donors (Lipinski definition) is 1. The molecule has 152 valence electrons. The molecule has 2 aromatic carbocycles. The van der Waals surface area contributed by atoms with Crippen molar-refractivity contribution >= 4 is 23.2 Å². The number of nitrogens with zero attached hydrogens (tertiary/aromatic N) is 3. The average molecular weight is 393 g/mol. The monoisotopic (exact) mass is 392 g/mol. The Hall–Kier alpha value is -3.15. The molecule has 0 radical (unpaired) electrons. The van der Waals surface area contributed by atoms with Crippen LogP contribution in [0.25, 0.3) is 0 Å². The molecule has 1 heterocycles. The number of likely N-dealkylation sites (N-methyl/N-ethyl adjacent to an activating group) is 1. The first-order valence-electron chi connectivity index (χ1n) is 10.0. The van der Waals surface area contributed by atoms with Gasteiger partial charge < -0.3 is 10.2 Å². The van der Waals surface area contributed by atoms with E-state index in [1.165, 1.54) is 0 Å². The van der Waals surface area contributed by atoms with E-state index in [0.29, 0.717) is 18.7 Å². The summed E-state index contributed by atoms with van der Waals surface area (Å²) in [5.41, 5.74) is 2.51. The Morgan fingerprint density at radius 2 is 1.72 bits per heavy atom. The lowest BCUT2D eigenvalue weighted by Gasteiger charge is -2.23. The molecule has 1 unspecified atom stereocenters. The standard InChI is InChI=1S/C23H28N4O2/c1-4-26(16-22(28)24-17(2)3)23(29)20-15-21(18-11-7-5-8-12-18)27(25-20)19-13-9-6-10-14-19/h5-14,17,21H,4,15-16H2,1-3H3,(H,24,28). The van der Waals surface area contributed by atoms with Gasteiger partial charge in [0, 0.05) is 19.0 Å². The molecular weight excluding hydrogens is 364 g/mol. The minimum atomic E-state index is -0.189. The molecule has 0 aliphatic carbocycles. The number of nitrogens with one attached hydrogen (secondary N) is 1. The lowest BCUT2D eigenvalue weighted by molar-refractivity contribution is -0.131. The van der Waals surface area contributed by atoms with Gasteiger partial charge in [-0.1, -0.05) is 48.5 Å². The van der Waals surface area contributed by atoms with E-state index in [2.05, 4.69) is 22.6 Å². The number of benzene rings is 2. The fourth-order valence-electron chi connectivity index (χ4n) is 3.44. The zero-order valence-corrected chi connectivity index (χ0v) is 17.2. The number of rotatable bonds is 7. The minimum Gasteiger partial charge on any atom is -0.352 e. The zero-order chi connectivity index (χ0) is 20.8. The highest BCUT2D eigenvalue weighted by Gasteiger charge is 2.34. The SMILES string of the molecule is CCN(CC(=O)NC(C)C)C(=O)C1=NN(c2ccccc2)C(c2ccccc2)C1. The minimum absolute atomic E-state index is 0.0356. The van der Waals surface area contributed by atoms with Gasteiger partial charge in [0.05, 0.1) is 18.3 Å². The fourth-order valence-corrected chi connectivity index (χ4v) is 3.44. The Balaban J connectivity index is 1.84. The smallest absolute Gasteiger partial charge is 0.270 e. The lowest BCUT2D eigenvalue weighted by Crippen LogP contribution is -2.44. The number of carbonyl (C=O) groups is 2. The Labute approximate surface area is 172 Å². The number of hydrazone groups is 1. The van der Waals surface area contributed by atoms with Gasteiger partial charge in [0.25, 0.3) is 5.91 Å². The molecule has 2 amide bonds. The van der Waals surface area contributed by atoms with Crippen LogP contribution in [0.15, 0.2) is 65.8 Å². The van der Waals surface area contributed by atoms with Crippen LogP contribution in [0, 0.1) is 0 Å². The molecule has 1 atom stereocenters. The summed E-state index contributed by atoms with van der Waals surface area (Å²) in [5.74, 6) is -0.348. The third-order valence-corrected chi connectivity index (χ3v) is 4.82. The average Bonchev–Trinajstić information content (AvgIpc) is 3.18. The number of carbonyl (C=O) groups excluding carboxylic acids is 2. The van der Waals surface area contributed by atoms with E-state index in [0.717, 1.165) is 11.3 Å². The molecule has 0 saturated heterocycles. The van der Waals surface area contributed by atoms with E-state index in [1.807, 2.05) is 74.3 Å². The van der Waals surface area contributed by atoms with Gasteiger partial charge >= 0.3 is 0 Å². The van der Waals surface area contributed by atoms with Crippen LogP contribution in [-0.2, 0) is 9.59 Å². The van der Waals surface area contributed by atoms with Crippen LogP contribution in [0.4, 0.5) is 5.69 Å². The predicted molar refractivity (Wildman–Crippen MR) is 116 cm³/mol. The van der Waals surface area contributed by atoms with E-state index in [4.69, 9.17) is 0 Å². The summed E-state index contributed by atoms with van der Waals surface area (Å²) in [7, 11) is 0. The second-order valence-electron chi connectivity index (χ2n) is 7.40. The van der Waals surface area contributed by atoms with E-state index in [-0.39, 0.29) is 30.4 Å². The van der Waals surface area contributed by atoms with Crippen LogP contribution in [0.2, 0.25) is 0 Å². The fraction of sp³-hybridized carbons (Fsp3) is 0.348. The summed E-state index contributed by atoms with van der Waals surface area (Å²) in [6.45, 7) is 6.16. The van der Waals surface area contributed by atoms with E-state index >= 15 is 0 Å². The van der Waals surface area contributed by atoms with Gasteiger partial charge in [0.2, 0.25) is 5.91 Å². The molecule has 2 aromatic rings. The first-order valence-corrected chi connectivity index (χ1v) is 10.0. The lowest BCUT2D eigenvalue weighted by atomic mass is 10.0. The number of hydrogen-bond acceptors (Lipinski definition) is 4. The van der Waals surface area contributed by atoms with E-state index < -0.39 is 0 Å². The molecule has 6 nitrogen and oxygen atoms in total. The van der Waals surface area contributed by atoms with Gasteiger partial charge in [-0.25, -0.2) is 0 Å². The highest BCUT2D eigenvalue weighted by molar-refractivity contribution is 6.40. The van der Waals surface area contributed by atoms with Crippen molar-refractivity contribution in [2.24, 2.45) is 5.10 Å². The van der Waals surface area contributed by atoms with Gasteiger partial charge in [-0.05, 0) is 38.5 Å². The second kappa shape index (κ2) is 9.37. The highest BCUT2D eigenvalue weighted by atomic mass is 16.2. The van der Waals surface area contributed by atoms with Gasteiger partial charge in [-0.15, -0.1) is 0 Å². The Morgan fingerprint density at radius 1 is 1.10 bits per heavy atom. The van der Waals surface area contributed by atoms with Crippen LogP contribution in [0.5, 0.6) is 0 Å². The third-order valence-electron chi connectivity index (χ3n) is 4.82. The van der Waals surface area contributed by atoms with Crippen LogP contribution >= 0.6 is 0 Å². The maximum atomic E-state index is 13.1. The Kier molecular flexibility index (Phi) is 6.65. The second-order valence-corrected chi connectivity index (χ2v) is 7.40. The first-order chi connectivity index (χ1) is 14.0. The molecule has 1 N–H and O–H groups in total. The Morgan fingerprint density at radius 3 is 2.31 bits per heavy atom. The molecule has 1 aliphatic rings. The molecule has 1 aliphatic heterocycles. The molecule has 0 spiro atoms. The highest BCUT2D eigenvalue weighted by Crippen LogP contribution is 2.35. The molecule has 6 heteroatoms. The van der Waals surface area contributed by atoms with Gasteiger partial charge in [-0.3, -0.25) is 14.6 Å². The van der Waals surface area contributed by atoms with Crippen molar-refractivity contribution in [3.05, 3.63) is 66.2 Å². The maximum absolute atomic E-state index is 13.1. The summed E-state index contributed by atoms with van der Waals surface area (Å²) < 4.78 is 0. The van der Waals surface area contributed by atoms with Gasteiger partial charge in [-0.2, -0.15) is 5.10 Å². The van der Waals surface area contributed by atoms with E-state index in [1.54, 1.807) is 4.90 Å². The molecule has 0 fully saturated rings. The van der Waals surface area contributed by atoms with Crippen molar-refractivity contribution in [1.82, 2.24) is 10.2 Å².